The molecular weight excluding hydrogens is 841 g/mol. The largest absolute Gasteiger partial charge is 0.462 e. The highest BCUT2D eigenvalue weighted by molar-refractivity contribution is 5.71. The molecule has 392 valence electrons. The summed E-state index contributed by atoms with van der Waals surface area (Å²) in [4.78, 5) is 38.1. The van der Waals surface area contributed by atoms with Gasteiger partial charge < -0.3 is 14.2 Å². The Morgan fingerprint density at radius 1 is 0.309 bits per heavy atom. The highest BCUT2D eigenvalue weighted by Gasteiger charge is 2.19. The summed E-state index contributed by atoms with van der Waals surface area (Å²) in [6.45, 7) is 6.48. The number of esters is 3. The van der Waals surface area contributed by atoms with Gasteiger partial charge in [-0.3, -0.25) is 14.4 Å². The van der Waals surface area contributed by atoms with Crippen LogP contribution in [0.2, 0.25) is 0 Å². The van der Waals surface area contributed by atoms with Crippen LogP contribution >= 0.6 is 0 Å². The molecule has 0 spiro atoms. The van der Waals surface area contributed by atoms with Crippen molar-refractivity contribution in [3.05, 3.63) is 72.9 Å². The molecule has 68 heavy (non-hydrogen) atoms. The third-order valence-electron chi connectivity index (χ3n) is 12.5. The van der Waals surface area contributed by atoms with E-state index in [1.165, 1.54) is 148 Å². The van der Waals surface area contributed by atoms with Crippen molar-refractivity contribution in [1.82, 2.24) is 0 Å². The minimum atomic E-state index is -0.802. The molecule has 0 rings (SSSR count). The summed E-state index contributed by atoms with van der Waals surface area (Å²) in [5.41, 5.74) is 0. The van der Waals surface area contributed by atoms with Crippen molar-refractivity contribution in [3.63, 3.8) is 0 Å². The second-order valence-electron chi connectivity index (χ2n) is 19.2. The van der Waals surface area contributed by atoms with Crippen LogP contribution < -0.4 is 0 Å². The molecule has 0 aromatic heterocycles. The Morgan fingerprint density at radius 2 is 0.603 bits per heavy atom. The van der Waals surface area contributed by atoms with Crippen LogP contribution in [0.4, 0.5) is 0 Å². The summed E-state index contributed by atoms with van der Waals surface area (Å²) in [6.07, 6.45) is 71.9. The number of allylic oxidation sites excluding steroid dienone is 12. The smallest absolute Gasteiger partial charge is 0.306 e. The van der Waals surface area contributed by atoms with E-state index < -0.39 is 6.10 Å². The second kappa shape index (κ2) is 56.4. The predicted molar refractivity (Wildman–Crippen MR) is 293 cm³/mol. The Kier molecular flexibility index (Phi) is 53.8. The van der Waals surface area contributed by atoms with Crippen molar-refractivity contribution in [2.45, 2.75) is 290 Å². The van der Waals surface area contributed by atoms with E-state index in [-0.39, 0.29) is 37.5 Å². The Morgan fingerprint density at radius 3 is 0.985 bits per heavy atom. The molecule has 0 radical (unpaired) electrons. The molecule has 0 amide bonds. The molecule has 1 atom stereocenters. The van der Waals surface area contributed by atoms with Crippen molar-refractivity contribution in [1.29, 1.82) is 0 Å². The maximum absolute atomic E-state index is 12.9. The number of hydrogen-bond acceptors (Lipinski definition) is 6. The number of rotatable bonds is 52. The number of unbranched alkanes of at least 4 members (excludes halogenated alkanes) is 29. The first-order valence-corrected chi connectivity index (χ1v) is 28.9. The summed E-state index contributed by atoms with van der Waals surface area (Å²) in [5, 5.41) is 0. The molecule has 6 nitrogen and oxygen atoms in total. The van der Waals surface area contributed by atoms with Crippen LogP contribution in [-0.2, 0) is 28.6 Å². The molecule has 0 aliphatic rings. The monoisotopic (exact) mass is 949 g/mol. The molecule has 0 heterocycles. The summed E-state index contributed by atoms with van der Waals surface area (Å²) in [7, 11) is 0. The zero-order valence-electron chi connectivity index (χ0n) is 44.9. The molecule has 0 saturated carbocycles. The lowest BCUT2D eigenvalue weighted by Crippen LogP contribution is -2.30. The first-order chi connectivity index (χ1) is 33.5. The molecule has 1 unspecified atom stereocenters. The first-order valence-electron chi connectivity index (χ1n) is 28.9. The van der Waals surface area contributed by atoms with Gasteiger partial charge in [0, 0.05) is 19.3 Å². The van der Waals surface area contributed by atoms with Gasteiger partial charge in [0.1, 0.15) is 13.2 Å². The SMILES string of the molecule is CC/C=C\C/C=C\C/C=C\C/C=C\CCCCCCCCC(=O)OCC(COC(=O)CC/C=C\C/C=C\CCCCCCCC)OC(=O)CCCCCCCCCCCCCCCCCCCC. The highest BCUT2D eigenvalue weighted by atomic mass is 16.6. The van der Waals surface area contributed by atoms with E-state index in [1.807, 2.05) is 6.08 Å². The van der Waals surface area contributed by atoms with Crippen LogP contribution in [-0.4, -0.2) is 37.2 Å². The predicted octanol–water partition coefficient (Wildman–Crippen LogP) is 19.4. The lowest BCUT2D eigenvalue weighted by molar-refractivity contribution is -0.166. The summed E-state index contributed by atoms with van der Waals surface area (Å²) >= 11 is 0. The van der Waals surface area contributed by atoms with Crippen LogP contribution in [0, 0.1) is 0 Å². The Bertz CT molecular complexity index is 1270. The summed E-state index contributed by atoms with van der Waals surface area (Å²) in [5.74, 6) is -0.970. The fourth-order valence-corrected chi connectivity index (χ4v) is 8.13. The summed E-state index contributed by atoms with van der Waals surface area (Å²) < 4.78 is 16.8. The highest BCUT2D eigenvalue weighted by Crippen LogP contribution is 2.16. The van der Waals surface area contributed by atoms with Gasteiger partial charge in [-0.05, 0) is 77.0 Å². The lowest BCUT2D eigenvalue weighted by atomic mass is 10.0. The molecule has 0 fully saturated rings. The topological polar surface area (TPSA) is 78.9 Å². The van der Waals surface area contributed by atoms with Crippen LogP contribution in [0.1, 0.15) is 284 Å². The molecule has 0 aromatic rings. The molecule has 0 bridgehead atoms. The zero-order chi connectivity index (χ0) is 49.3. The van der Waals surface area contributed by atoms with E-state index in [4.69, 9.17) is 14.2 Å². The molecule has 0 aliphatic carbocycles. The molecule has 6 heteroatoms. The molecule has 0 aromatic carbocycles. The van der Waals surface area contributed by atoms with Crippen molar-refractivity contribution in [3.8, 4) is 0 Å². The maximum atomic E-state index is 12.9. The van der Waals surface area contributed by atoms with E-state index in [0.717, 1.165) is 89.9 Å². The molecule has 0 N–H and O–H groups in total. The van der Waals surface area contributed by atoms with Crippen molar-refractivity contribution in [2.75, 3.05) is 13.2 Å². The van der Waals surface area contributed by atoms with Gasteiger partial charge in [-0.15, -0.1) is 0 Å². The fraction of sp³-hybridized carbons (Fsp3) is 0.758. The van der Waals surface area contributed by atoms with E-state index in [2.05, 4.69) is 87.6 Å². The standard InChI is InChI=1S/C62H108O6/c1-4-7-10-13-16-19-22-25-27-29-31-33-34-37-40-43-46-49-52-55-61(64)67-58-59(57-66-60(63)54-51-48-45-42-39-36-24-21-18-15-12-9-6-3)68-62(65)56-53-50-47-44-41-38-35-32-30-28-26-23-20-17-14-11-8-5-2/h7,10,16,19,25,27,31,33,36,39,45,48,59H,4-6,8-9,11-15,17-18,20-24,26,28-30,32,34-35,37-38,40-44,46-47,49-58H2,1-3H3/b10-7-,19-16-,27-25-,33-31-,39-36-,48-45-. The van der Waals surface area contributed by atoms with E-state index >= 15 is 0 Å². The van der Waals surface area contributed by atoms with Crippen molar-refractivity contribution < 1.29 is 28.6 Å². The minimum Gasteiger partial charge on any atom is -0.462 e. The summed E-state index contributed by atoms with van der Waals surface area (Å²) in [6, 6.07) is 0. The number of hydrogen-bond donors (Lipinski definition) is 0. The van der Waals surface area contributed by atoms with E-state index in [1.54, 1.807) is 0 Å². The third-order valence-corrected chi connectivity index (χ3v) is 12.5. The van der Waals surface area contributed by atoms with Gasteiger partial charge in [-0.2, -0.15) is 0 Å². The van der Waals surface area contributed by atoms with E-state index in [0.29, 0.717) is 19.3 Å². The third kappa shape index (κ3) is 53.8. The Balaban J connectivity index is 4.41. The quantitative estimate of drug-likeness (QED) is 0.0262. The lowest BCUT2D eigenvalue weighted by Gasteiger charge is -2.18. The van der Waals surface area contributed by atoms with Crippen LogP contribution in [0.15, 0.2) is 72.9 Å². The normalized spacial score (nSPS) is 12.6. The van der Waals surface area contributed by atoms with Gasteiger partial charge in [-0.1, -0.05) is 261 Å². The van der Waals surface area contributed by atoms with Crippen LogP contribution in [0.25, 0.3) is 0 Å². The van der Waals surface area contributed by atoms with Crippen LogP contribution in [0.5, 0.6) is 0 Å². The zero-order valence-corrected chi connectivity index (χ0v) is 44.9. The van der Waals surface area contributed by atoms with Gasteiger partial charge in [-0.25, -0.2) is 0 Å². The second-order valence-corrected chi connectivity index (χ2v) is 19.2. The average molecular weight is 950 g/mol. The average Bonchev–Trinajstić information content (AvgIpc) is 3.34. The Labute approximate surface area is 421 Å². The van der Waals surface area contributed by atoms with Crippen molar-refractivity contribution >= 4 is 17.9 Å². The molecular formula is C62H108O6. The minimum absolute atomic E-state index is 0.0980. The maximum Gasteiger partial charge on any atom is 0.306 e. The number of ether oxygens (including phenoxy) is 3. The van der Waals surface area contributed by atoms with Crippen molar-refractivity contribution in [2.24, 2.45) is 0 Å². The van der Waals surface area contributed by atoms with Gasteiger partial charge in [0.15, 0.2) is 6.10 Å². The first kappa shape index (κ1) is 64.8. The number of carbonyl (C=O) groups excluding carboxylic acids is 3. The Hall–Kier alpha value is -3.15. The van der Waals surface area contributed by atoms with Crippen LogP contribution in [0.3, 0.4) is 0 Å². The van der Waals surface area contributed by atoms with Gasteiger partial charge >= 0.3 is 17.9 Å². The van der Waals surface area contributed by atoms with Gasteiger partial charge in [0.05, 0.1) is 0 Å². The van der Waals surface area contributed by atoms with Gasteiger partial charge in [0.2, 0.25) is 0 Å². The molecule has 0 saturated heterocycles. The fourth-order valence-electron chi connectivity index (χ4n) is 8.13. The van der Waals surface area contributed by atoms with Gasteiger partial charge in [0.25, 0.3) is 0 Å². The molecule has 0 aliphatic heterocycles. The number of carbonyl (C=O) groups is 3. The van der Waals surface area contributed by atoms with E-state index in [9.17, 15) is 14.4 Å².